The molecular formula is C11H14N4O4S. The maximum atomic E-state index is 12.3. The zero-order valence-electron chi connectivity index (χ0n) is 11.0. The Morgan fingerprint density at radius 2 is 2.15 bits per heavy atom. The molecule has 0 amide bonds. The summed E-state index contributed by atoms with van der Waals surface area (Å²) in [7, 11) is -1.27. The molecule has 0 spiro atoms. The average molecular weight is 298 g/mol. The van der Waals surface area contributed by atoms with Gasteiger partial charge in [0, 0.05) is 27.1 Å². The van der Waals surface area contributed by atoms with Gasteiger partial charge in [-0.3, -0.25) is 10.1 Å². The molecule has 0 bridgehead atoms. The number of benzene rings is 1. The van der Waals surface area contributed by atoms with E-state index in [2.05, 4.69) is 5.32 Å². The summed E-state index contributed by atoms with van der Waals surface area (Å²) in [6.45, 7) is -0.0280. The van der Waals surface area contributed by atoms with Crippen LogP contribution in [0.25, 0.3) is 0 Å². The third-order valence-corrected chi connectivity index (χ3v) is 4.57. The maximum Gasteiger partial charge on any atom is 0.312 e. The Hall–Kier alpha value is -2.18. The first-order valence-corrected chi connectivity index (χ1v) is 7.08. The molecule has 0 atom stereocenters. The second-order valence-corrected chi connectivity index (χ2v) is 5.91. The second kappa shape index (κ2) is 6.31. The van der Waals surface area contributed by atoms with E-state index >= 15 is 0 Å². The number of nitro benzene ring substituents is 1. The third-order valence-electron chi connectivity index (χ3n) is 2.68. The van der Waals surface area contributed by atoms with Crippen LogP contribution >= 0.6 is 0 Å². The second-order valence-electron chi connectivity index (χ2n) is 3.89. The van der Waals surface area contributed by atoms with Crippen molar-refractivity contribution >= 4 is 21.4 Å². The maximum absolute atomic E-state index is 12.3. The molecule has 0 saturated carbocycles. The van der Waals surface area contributed by atoms with Gasteiger partial charge in [0.15, 0.2) is 4.90 Å². The summed E-state index contributed by atoms with van der Waals surface area (Å²) in [5, 5.41) is 22.2. The fourth-order valence-corrected chi connectivity index (χ4v) is 2.96. The molecule has 0 aliphatic rings. The van der Waals surface area contributed by atoms with Crippen molar-refractivity contribution < 1.29 is 13.3 Å². The number of hydrogen-bond donors (Lipinski definition) is 1. The molecule has 0 saturated heterocycles. The number of hydrogen-bond acceptors (Lipinski definition) is 6. The zero-order valence-corrected chi connectivity index (χ0v) is 11.8. The first-order valence-electron chi connectivity index (χ1n) is 5.64. The predicted molar refractivity (Wildman–Crippen MR) is 72.7 cm³/mol. The van der Waals surface area contributed by atoms with Crippen LogP contribution in [0.5, 0.6) is 0 Å². The molecule has 1 aromatic carbocycles. The lowest BCUT2D eigenvalue weighted by molar-refractivity contribution is -0.386. The van der Waals surface area contributed by atoms with Crippen LogP contribution in [0.2, 0.25) is 0 Å². The predicted octanol–water partition coefficient (Wildman–Crippen LogP) is 1.17. The zero-order chi connectivity index (χ0) is 15.3. The molecule has 9 heteroatoms. The smallest absolute Gasteiger partial charge is 0.312 e. The minimum Gasteiger partial charge on any atom is -0.383 e. The number of para-hydroxylation sites is 1. The van der Waals surface area contributed by atoms with Crippen molar-refractivity contribution in [1.82, 2.24) is 4.31 Å². The van der Waals surface area contributed by atoms with E-state index in [0.29, 0.717) is 0 Å². The Balaban J connectivity index is 3.39. The summed E-state index contributed by atoms with van der Waals surface area (Å²) in [6.07, 6.45) is 0.00917. The van der Waals surface area contributed by atoms with Gasteiger partial charge in [0.1, 0.15) is 5.69 Å². The van der Waals surface area contributed by atoms with Gasteiger partial charge < -0.3 is 5.32 Å². The van der Waals surface area contributed by atoms with Crippen LogP contribution in [0.4, 0.5) is 11.4 Å². The van der Waals surface area contributed by atoms with E-state index in [9.17, 15) is 18.5 Å². The van der Waals surface area contributed by atoms with Gasteiger partial charge in [-0.1, -0.05) is 6.07 Å². The molecule has 0 radical (unpaired) electrons. The summed E-state index contributed by atoms with van der Waals surface area (Å²) in [5.41, 5.74) is -0.386. The van der Waals surface area contributed by atoms with E-state index in [1.54, 1.807) is 0 Å². The molecule has 0 unspecified atom stereocenters. The summed E-state index contributed by atoms with van der Waals surface area (Å²) in [6, 6.07) is 5.85. The van der Waals surface area contributed by atoms with Crippen molar-refractivity contribution in [2.75, 3.05) is 26.0 Å². The molecule has 0 aromatic heterocycles. The summed E-state index contributed by atoms with van der Waals surface area (Å²) < 4.78 is 25.6. The van der Waals surface area contributed by atoms with Crippen LogP contribution in [-0.2, 0) is 10.0 Å². The number of anilines is 1. The number of nitriles is 1. The van der Waals surface area contributed by atoms with E-state index in [1.807, 2.05) is 6.07 Å². The van der Waals surface area contributed by atoms with Crippen molar-refractivity contribution in [1.29, 1.82) is 5.26 Å². The van der Waals surface area contributed by atoms with Crippen molar-refractivity contribution in [2.45, 2.75) is 11.3 Å². The minimum absolute atomic E-state index is 0.00917. The van der Waals surface area contributed by atoms with Gasteiger partial charge >= 0.3 is 5.69 Å². The lowest BCUT2D eigenvalue weighted by Crippen LogP contribution is -2.28. The first kappa shape index (κ1) is 15.9. The van der Waals surface area contributed by atoms with Gasteiger partial charge in [-0.2, -0.15) is 9.57 Å². The van der Waals surface area contributed by atoms with Gasteiger partial charge in [0.2, 0.25) is 10.0 Å². The Bertz CT molecular complexity index is 651. The van der Waals surface area contributed by atoms with E-state index < -0.39 is 25.5 Å². The van der Waals surface area contributed by atoms with Gasteiger partial charge in [-0.15, -0.1) is 0 Å². The van der Waals surface area contributed by atoms with Gasteiger partial charge in [-0.25, -0.2) is 8.42 Å². The highest BCUT2D eigenvalue weighted by Gasteiger charge is 2.31. The van der Waals surface area contributed by atoms with Crippen LogP contribution < -0.4 is 5.32 Å². The van der Waals surface area contributed by atoms with Crippen molar-refractivity contribution in [2.24, 2.45) is 0 Å². The van der Waals surface area contributed by atoms with Crippen molar-refractivity contribution in [3.8, 4) is 6.07 Å². The lowest BCUT2D eigenvalue weighted by Gasteiger charge is -2.16. The number of nitrogens with one attached hydrogen (secondary N) is 1. The molecule has 108 valence electrons. The summed E-state index contributed by atoms with van der Waals surface area (Å²) >= 11 is 0. The highest BCUT2D eigenvalue weighted by molar-refractivity contribution is 7.89. The first-order chi connectivity index (χ1) is 9.36. The molecule has 20 heavy (non-hydrogen) atoms. The fourth-order valence-electron chi connectivity index (χ4n) is 1.62. The lowest BCUT2D eigenvalue weighted by atomic mass is 10.3. The third kappa shape index (κ3) is 3.04. The fraction of sp³-hybridized carbons (Fsp3) is 0.364. The molecule has 0 heterocycles. The van der Waals surface area contributed by atoms with Gasteiger partial charge in [0.25, 0.3) is 0 Å². The topological polar surface area (TPSA) is 116 Å². The van der Waals surface area contributed by atoms with E-state index in [-0.39, 0.29) is 18.7 Å². The van der Waals surface area contributed by atoms with Gasteiger partial charge in [-0.05, 0) is 12.1 Å². The van der Waals surface area contributed by atoms with Crippen molar-refractivity contribution in [3.63, 3.8) is 0 Å². The highest BCUT2D eigenvalue weighted by Crippen LogP contribution is 2.33. The SMILES string of the molecule is CNc1cccc(S(=O)(=O)N(C)CCC#N)c1[N+](=O)[O-]. The number of nitro groups is 1. The van der Waals surface area contributed by atoms with Crippen LogP contribution in [-0.4, -0.2) is 38.3 Å². The summed E-state index contributed by atoms with van der Waals surface area (Å²) in [4.78, 5) is 9.98. The van der Waals surface area contributed by atoms with E-state index in [1.165, 1.54) is 32.3 Å². The molecule has 0 aliphatic carbocycles. The monoisotopic (exact) mass is 298 g/mol. The van der Waals surface area contributed by atoms with Crippen molar-refractivity contribution in [3.05, 3.63) is 28.3 Å². The van der Waals surface area contributed by atoms with E-state index in [0.717, 1.165) is 4.31 Å². The van der Waals surface area contributed by atoms with Gasteiger partial charge in [0.05, 0.1) is 11.0 Å². The average Bonchev–Trinajstić information content (AvgIpc) is 2.43. The molecule has 0 aliphatic heterocycles. The Morgan fingerprint density at radius 3 is 2.65 bits per heavy atom. The molecule has 0 fully saturated rings. The van der Waals surface area contributed by atoms with Crippen LogP contribution in [0.1, 0.15) is 6.42 Å². The Kier molecular flexibility index (Phi) is 5.01. The Morgan fingerprint density at radius 1 is 1.50 bits per heavy atom. The molecular weight excluding hydrogens is 284 g/mol. The number of sulfonamides is 1. The largest absolute Gasteiger partial charge is 0.383 e. The molecule has 1 rings (SSSR count). The number of rotatable bonds is 6. The molecule has 8 nitrogen and oxygen atoms in total. The van der Waals surface area contributed by atoms with E-state index in [4.69, 9.17) is 5.26 Å². The normalized spacial score (nSPS) is 11.1. The quantitative estimate of drug-likeness (QED) is 0.622. The van der Waals surface area contributed by atoms with Crippen LogP contribution in [0.3, 0.4) is 0 Å². The molecule has 1 N–H and O–H groups in total. The van der Waals surface area contributed by atoms with Crippen LogP contribution in [0.15, 0.2) is 23.1 Å². The molecule has 1 aromatic rings. The minimum atomic E-state index is -4.02. The number of nitrogens with zero attached hydrogens (tertiary/aromatic N) is 3. The summed E-state index contributed by atoms with van der Waals surface area (Å²) in [5.74, 6) is 0. The Labute approximate surface area is 116 Å². The van der Waals surface area contributed by atoms with Crippen LogP contribution in [0, 0.1) is 21.4 Å². The standard InChI is InChI=1S/C11H14N4O4S/c1-13-9-5-3-6-10(11(9)15(16)17)20(18,19)14(2)8-4-7-12/h3,5-6,13H,4,8H2,1-2H3. The highest BCUT2D eigenvalue weighted by atomic mass is 32.2.